The van der Waals surface area contributed by atoms with Gasteiger partial charge in [0.05, 0.1) is 5.60 Å². The third-order valence-electron chi connectivity index (χ3n) is 8.39. The zero-order valence-corrected chi connectivity index (χ0v) is 15.8. The normalized spacial score (nSPS) is 48.5. The van der Waals surface area contributed by atoms with E-state index in [0.717, 1.165) is 32.1 Å². The molecule has 2 heteroatoms. The number of aliphatic hydroxyl groups is 1. The highest BCUT2D eigenvalue weighted by molar-refractivity contribution is 5.92. The molecule has 6 atom stereocenters. The number of hydrogen-bond donors (Lipinski definition) is 1. The summed E-state index contributed by atoms with van der Waals surface area (Å²) in [5.74, 6) is 1.86. The van der Waals surface area contributed by atoms with Crippen LogP contribution in [0.5, 0.6) is 0 Å². The first-order chi connectivity index (χ1) is 11.7. The Labute approximate surface area is 151 Å². The average molecular weight is 338 g/mol. The van der Waals surface area contributed by atoms with Crippen molar-refractivity contribution in [3.8, 4) is 0 Å². The van der Waals surface area contributed by atoms with E-state index in [1.54, 1.807) is 0 Å². The molecule has 0 heterocycles. The highest BCUT2D eigenvalue weighted by Crippen LogP contribution is 2.67. The number of allylic oxidation sites excluding steroid dienone is 4. The molecule has 0 amide bonds. The zero-order valence-electron chi connectivity index (χ0n) is 15.8. The summed E-state index contributed by atoms with van der Waals surface area (Å²) in [5.41, 5.74) is 4.68. The Morgan fingerprint density at radius 2 is 1.96 bits per heavy atom. The molecule has 1 N–H and O–H groups in total. The van der Waals surface area contributed by atoms with Crippen molar-refractivity contribution < 1.29 is 9.90 Å². The predicted molar refractivity (Wildman–Crippen MR) is 99.9 cm³/mol. The summed E-state index contributed by atoms with van der Waals surface area (Å²) in [6.07, 6.45) is 11.9. The van der Waals surface area contributed by atoms with Gasteiger partial charge in [0.2, 0.25) is 0 Å². The van der Waals surface area contributed by atoms with E-state index in [0.29, 0.717) is 24.2 Å². The lowest BCUT2D eigenvalue weighted by Gasteiger charge is -2.57. The highest BCUT2D eigenvalue weighted by Gasteiger charge is 2.62. The van der Waals surface area contributed by atoms with E-state index in [1.165, 1.54) is 11.1 Å². The van der Waals surface area contributed by atoms with Crippen molar-refractivity contribution in [3.05, 3.63) is 41.7 Å². The summed E-state index contributed by atoms with van der Waals surface area (Å²) in [4.78, 5) is 12.0. The number of ketones is 1. The molecule has 0 radical (unpaired) electrons. The molecule has 0 aromatic carbocycles. The van der Waals surface area contributed by atoms with Gasteiger partial charge in [-0.25, -0.2) is 0 Å². The smallest absolute Gasteiger partial charge is 0.156 e. The number of hydrogen-bond acceptors (Lipinski definition) is 2. The number of fused-ring (bicyclic) bond motifs is 5. The molecule has 4 aliphatic carbocycles. The van der Waals surface area contributed by atoms with E-state index in [9.17, 15) is 9.90 Å². The minimum Gasteiger partial charge on any atom is -0.385 e. The minimum absolute atomic E-state index is 0.0995. The van der Waals surface area contributed by atoms with Crippen LogP contribution in [-0.2, 0) is 4.79 Å². The van der Waals surface area contributed by atoms with Crippen molar-refractivity contribution in [2.45, 2.75) is 64.9 Å². The molecule has 0 spiro atoms. The molecule has 0 aromatic heterocycles. The Balaban J connectivity index is 1.80. The summed E-state index contributed by atoms with van der Waals surface area (Å²) >= 11 is 0. The van der Waals surface area contributed by atoms with Gasteiger partial charge in [-0.05, 0) is 79.9 Å². The fourth-order valence-electron chi connectivity index (χ4n) is 6.87. The molecular formula is C23H30O2. The topological polar surface area (TPSA) is 37.3 Å². The Morgan fingerprint density at radius 1 is 1.24 bits per heavy atom. The molecule has 2 fully saturated rings. The Bertz CT molecular complexity index is 737. The van der Waals surface area contributed by atoms with Gasteiger partial charge >= 0.3 is 0 Å². The summed E-state index contributed by atoms with van der Waals surface area (Å²) in [7, 11) is 0. The molecule has 2 nitrogen and oxygen atoms in total. The van der Waals surface area contributed by atoms with Crippen LogP contribution in [0.2, 0.25) is 0 Å². The quantitative estimate of drug-likeness (QED) is 0.700. The molecule has 0 unspecified atom stereocenters. The molecule has 0 bridgehead atoms. The molecule has 0 aliphatic heterocycles. The van der Waals surface area contributed by atoms with Gasteiger partial charge in [0.15, 0.2) is 5.78 Å². The van der Waals surface area contributed by atoms with E-state index in [-0.39, 0.29) is 16.6 Å². The van der Waals surface area contributed by atoms with Crippen LogP contribution >= 0.6 is 0 Å². The standard InChI is InChI=1S/C23H30O2/c1-5-9-23(25)12-8-19-17-13-15(2)20-14-16(24)6-10-21(20,3)18(17)7-11-22(19,23)4/h9,13-14,17-19,25H,1,6-8,10-12H2,2-4H3/t17-,18+,19+,21-,22+,23+/m1/s1. The lowest BCUT2D eigenvalue weighted by molar-refractivity contribution is -0.117. The van der Waals surface area contributed by atoms with E-state index >= 15 is 0 Å². The largest absolute Gasteiger partial charge is 0.385 e. The van der Waals surface area contributed by atoms with Crippen molar-refractivity contribution in [2.75, 3.05) is 0 Å². The molecular weight excluding hydrogens is 308 g/mol. The Hall–Kier alpha value is -1.37. The van der Waals surface area contributed by atoms with Crippen molar-refractivity contribution in [3.63, 3.8) is 0 Å². The van der Waals surface area contributed by atoms with Crippen LogP contribution < -0.4 is 0 Å². The first kappa shape index (κ1) is 17.1. The van der Waals surface area contributed by atoms with E-state index < -0.39 is 5.60 Å². The predicted octanol–water partition coefficient (Wildman–Crippen LogP) is 4.76. The first-order valence-corrected chi connectivity index (χ1v) is 9.78. The van der Waals surface area contributed by atoms with Gasteiger partial charge in [0.25, 0.3) is 0 Å². The summed E-state index contributed by atoms with van der Waals surface area (Å²) in [5, 5.41) is 11.3. The molecule has 134 valence electrons. The SMILES string of the molecule is C=C=C[C@]1(O)CC[C@H]2[C@@H]3C=C(C)C4=CC(=O)CC[C@]4(C)[C@H]3CC[C@@]21C. The van der Waals surface area contributed by atoms with E-state index in [4.69, 9.17) is 0 Å². The fourth-order valence-corrected chi connectivity index (χ4v) is 6.87. The van der Waals surface area contributed by atoms with Crippen LogP contribution in [0.15, 0.2) is 41.7 Å². The zero-order chi connectivity index (χ0) is 18.0. The maximum atomic E-state index is 12.0. The average Bonchev–Trinajstić information content (AvgIpc) is 2.82. The Kier molecular flexibility index (Phi) is 3.63. The van der Waals surface area contributed by atoms with Crippen molar-refractivity contribution in [1.82, 2.24) is 0 Å². The van der Waals surface area contributed by atoms with Gasteiger partial charge in [0.1, 0.15) is 0 Å². The lowest BCUT2D eigenvalue weighted by Crippen LogP contribution is -2.53. The van der Waals surface area contributed by atoms with Crippen LogP contribution in [0.1, 0.15) is 59.3 Å². The number of carbonyl (C=O) groups excluding carboxylic acids is 1. The van der Waals surface area contributed by atoms with Crippen molar-refractivity contribution >= 4 is 5.78 Å². The Morgan fingerprint density at radius 3 is 2.68 bits per heavy atom. The van der Waals surface area contributed by atoms with Crippen LogP contribution in [0.4, 0.5) is 0 Å². The van der Waals surface area contributed by atoms with Gasteiger partial charge in [-0.1, -0.05) is 32.1 Å². The van der Waals surface area contributed by atoms with Crippen LogP contribution in [0.25, 0.3) is 0 Å². The van der Waals surface area contributed by atoms with Gasteiger partial charge in [0, 0.05) is 11.8 Å². The molecule has 0 aromatic rings. The third kappa shape index (κ3) is 2.11. The minimum atomic E-state index is -0.772. The van der Waals surface area contributed by atoms with E-state index in [1.807, 2.05) is 12.2 Å². The van der Waals surface area contributed by atoms with Gasteiger partial charge in [-0.2, -0.15) is 0 Å². The van der Waals surface area contributed by atoms with Crippen LogP contribution in [0, 0.1) is 28.6 Å². The number of carbonyl (C=O) groups is 1. The van der Waals surface area contributed by atoms with Crippen LogP contribution in [0.3, 0.4) is 0 Å². The van der Waals surface area contributed by atoms with Gasteiger partial charge in [-0.3, -0.25) is 4.79 Å². The van der Waals surface area contributed by atoms with Crippen molar-refractivity contribution in [2.24, 2.45) is 28.6 Å². The van der Waals surface area contributed by atoms with Gasteiger partial charge in [-0.15, -0.1) is 5.73 Å². The monoisotopic (exact) mass is 338 g/mol. The summed E-state index contributed by atoms with van der Waals surface area (Å²) in [6, 6.07) is 0. The number of rotatable bonds is 1. The van der Waals surface area contributed by atoms with Gasteiger partial charge < -0.3 is 5.11 Å². The second-order valence-electron chi connectivity index (χ2n) is 9.35. The maximum Gasteiger partial charge on any atom is 0.156 e. The highest BCUT2D eigenvalue weighted by atomic mass is 16.3. The first-order valence-electron chi connectivity index (χ1n) is 9.78. The molecule has 0 saturated heterocycles. The third-order valence-corrected chi connectivity index (χ3v) is 8.39. The molecule has 4 rings (SSSR count). The summed E-state index contributed by atoms with van der Waals surface area (Å²) < 4.78 is 0. The maximum absolute atomic E-state index is 12.0. The second kappa shape index (κ2) is 5.32. The molecule has 25 heavy (non-hydrogen) atoms. The van der Waals surface area contributed by atoms with Crippen molar-refractivity contribution in [1.29, 1.82) is 0 Å². The molecule has 2 saturated carbocycles. The summed E-state index contributed by atoms with van der Waals surface area (Å²) in [6.45, 7) is 10.5. The van der Waals surface area contributed by atoms with E-state index in [2.05, 4.69) is 39.2 Å². The molecule has 4 aliphatic rings. The van der Waals surface area contributed by atoms with Crippen LogP contribution in [-0.4, -0.2) is 16.5 Å². The fraction of sp³-hybridized carbons (Fsp3) is 0.652. The lowest BCUT2D eigenvalue weighted by atomic mass is 9.47. The second-order valence-corrected chi connectivity index (χ2v) is 9.35.